The highest BCUT2D eigenvalue weighted by Crippen LogP contribution is 2.41. The first-order chi connectivity index (χ1) is 8.22. The molecule has 0 amide bonds. The molecule has 0 saturated heterocycles. The number of fused-ring (bicyclic) bond motifs is 1. The smallest absolute Gasteiger partial charge is 0.167 e. The van der Waals surface area contributed by atoms with E-state index >= 15 is 0 Å². The summed E-state index contributed by atoms with van der Waals surface area (Å²) in [5, 5.41) is 3.21. The highest BCUT2D eigenvalue weighted by atomic mass is 32.2. The Balaban J connectivity index is 2.05. The molecule has 0 spiro atoms. The van der Waals surface area contributed by atoms with Crippen molar-refractivity contribution < 1.29 is 8.76 Å². The maximum atomic E-state index is 11.6. The van der Waals surface area contributed by atoms with Gasteiger partial charge in [0.25, 0.3) is 0 Å². The fourth-order valence-electron chi connectivity index (χ4n) is 2.70. The lowest BCUT2D eigenvalue weighted by molar-refractivity contribution is 0.481. The van der Waals surface area contributed by atoms with Gasteiger partial charge >= 0.3 is 0 Å². The quantitative estimate of drug-likeness (QED) is 0.771. The molecular formula is C11H15N3O2S. The zero-order chi connectivity index (χ0) is 11.9. The molecule has 3 rings (SSSR count). The average molecular weight is 253 g/mol. The Morgan fingerprint density at radius 2 is 2.12 bits per heavy atom. The molecule has 17 heavy (non-hydrogen) atoms. The van der Waals surface area contributed by atoms with Crippen LogP contribution in [0.3, 0.4) is 0 Å². The topological polar surface area (TPSA) is 75.1 Å². The summed E-state index contributed by atoms with van der Waals surface area (Å²) in [5.74, 6) is 0.554. The molecule has 2 N–H and O–H groups in total. The van der Waals surface area contributed by atoms with Crippen molar-refractivity contribution in [3.63, 3.8) is 0 Å². The number of rotatable bonds is 2. The van der Waals surface area contributed by atoms with Crippen LogP contribution in [0, 0.1) is 0 Å². The van der Waals surface area contributed by atoms with Crippen LogP contribution in [-0.2, 0) is 28.9 Å². The fraction of sp³-hybridized carbons (Fsp3) is 0.636. The second kappa shape index (κ2) is 4.12. The van der Waals surface area contributed by atoms with Crippen LogP contribution in [0.25, 0.3) is 0 Å². The maximum absolute atomic E-state index is 11.6. The Labute approximate surface area is 102 Å². The standard InChI is InChI=1S/C11H15N3O2S/c15-17(16)11(3-1-2-4-11)10-13-6-8-5-12-7-9(8)14-10/h6,12H,1-5,7H2,(H,15,16). The van der Waals surface area contributed by atoms with Gasteiger partial charge in [-0.2, -0.15) is 0 Å². The average Bonchev–Trinajstić information content (AvgIpc) is 2.97. The van der Waals surface area contributed by atoms with E-state index in [0.29, 0.717) is 18.7 Å². The zero-order valence-corrected chi connectivity index (χ0v) is 10.3. The van der Waals surface area contributed by atoms with Crippen molar-refractivity contribution in [2.75, 3.05) is 0 Å². The minimum Gasteiger partial charge on any atom is -0.307 e. The van der Waals surface area contributed by atoms with Crippen LogP contribution in [0.1, 0.15) is 42.8 Å². The Morgan fingerprint density at radius 3 is 2.82 bits per heavy atom. The first-order valence-electron chi connectivity index (χ1n) is 5.89. The van der Waals surface area contributed by atoms with Crippen LogP contribution in [-0.4, -0.2) is 18.7 Å². The molecule has 0 bridgehead atoms. The third-order valence-corrected chi connectivity index (χ3v) is 4.97. The lowest BCUT2D eigenvalue weighted by Crippen LogP contribution is -2.30. The highest BCUT2D eigenvalue weighted by Gasteiger charge is 2.44. The van der Waals surface area contributed by atoms with Crippen molar-refractivity contribution in [1.82, 2.24) is 15.3 Å². The largest absolute Gasteiger partial charge is 0.307 e. The van der Waals surface area contributed by atoms with E-state index in [1.165, 1.54) is 0 Å². The summed E-state index contributed by atoms with van der Waals surface area (Å²) in [6, 6.07) is 0. The molecule has 1 unspecified atom stereocenters. The van der Waals surface area contributed by atoms with E-state index in [-0.39, 0.29) is 0 Å². The van der Waals surface area contributed by atoms with E-state index in [4.69, 9.17) is 0 Å². The molecule has 92 valence electrons. The predicted molar refractivity (Wildman–Crippen MR) is 63.5 cm³/mol. The highest BCUT2D eigenvalue weighted by molar-refractivity contribution is 7.80. The molecule has 1 aliphatic carbocycles. The van der Waals surface area contributed by atoms with Crippen molar-refractivity contribution in [2.45, 2.75) is 43.5 Å². The fourth-order valence-corrected chi connectivity index (χ4v) is 3.59. The second-order valence-electron chi connectivity index (χ2n) is 4.72. The van der Waals surface area contributed by atoms with Gasteiger partial charge in [-0.15, -0.1) is 0 Å². The van der Waals surface area contributed by atoms with Crippen LogP contribution in [0.2, 0.25) is 0 Å². The van der Waals surface area contributed by atoms with Crippen molar-refractivity contribution in [3.05, 3.63) is 23.3 Å². The molecule has 5 nitrogen and oxygen atoms in total. The molecule has 1 fully saturated rings. The summed E-state index contributed by atoms with van der Waals surface area (Å²) < 4.78 is 20.5. The Morgan fingerprint density at radius 1 is 1.35 bits per heavy atom. The molecule has 2 heterocycles. The molecule has 1 saturated carbocycles. The van der Waals surface area contributed by atoms with Crippen LogP contribution >= 0.6 is 0 Å². The minimum atomic E-state index is -1.89. The third-order valence-electron chi connectivity index (χ3n) is 3.72. The predicted octanol–water partition coefficient (Wildman–Crippen LogP) is 1.07. The lowest BCUT2D eigenvalue weighted by atomic mass is 10.1. The summed E-state index contributed by atoms with van der Waals surface area (Å²) in [6.07, 6.45) is 5.17. The summed E-state index contributed by atoms with van der Waals surface area (Å²) in [4.78, 5) is 8.82. The summed E-state index contributed by atoms with van der Waals surface area (Å²) in [7, 11) is 0. The second-order valence-corrected chi connectivity index (χ2v) is 6.00. The number of hydrogen-bond acceptors (Lipinski definition) is 4. The first kappa shape index (κ1) is 11.3. The van der Waals surface area contributed by atoms with Gasteiger partial charge in [0.2, 0.25) is 0 Å². The van der Waals surface area contributed by atoms with Crippen LogP contribution in [0.4, 0.5) is 0 Å². The van der Waals surface area contributed by atoms with Gasteiger partial charge in [-0.3, -0.25) is 0 Å². The zero-order valence-electron chi connectivity index (χ0n) is 9.48. The van der Waals surface area contributed by atoms with Gasteiger partial charge in [-0.25, -0.2) is 14.2 Å². The molecule has 2 aliphatic rings. The normalized spacial score (nSPS) is 23.6. The molecule has 0 aromatic carbocycles. The Bertz CT molecular complexity index is 472. The van der Waals surface area contributed by atoms with Crippen LogP contribution < -0.4 is 5.32 Å². The molecule has 1 atom stereocenters. The summed E-state index contributed by atoms with van der Waals surface area (Å²) >= 11 is -1.89. The summed E-state index contributed by atoms with van der Waals surface area (Å²) in [5.41, 5.74) is 2.08. The van der Waals surface area contributed by atoms with Gasteiger partial charge in [0.1, 0.15) is 10.6 Å². The third kappa shape index (κ3) is 1.71. The molecular weight excluding hydrogens is 238 g/mol. The van der Waals surface area contributed by atoms with Gasteiger partial charge in [-0.05, 0) is 12.8 Å². The van der Waals surface area contributed by atoms with E-state index in [1.807, 2.05) is 0 Å². The Kier molecular flexibility index (Phi) is 2.72. The summed E-state index contributed by atoms with van der Waals surface area (Å²) in [6.45, 7) is 1.53. The van der Waals surface area contributed by atoms with Crippen molar-refractivity contribution in [3.8, 4) is 0 Å². The molecule has 1 aliphatic heterocycles. The monoisotopic (exact) mass is 253 g/mol. The number of hydrogen-bond donors (Lipinski definition) is 2. The van der Waals surface area contributed by atoms with E-state index < -0.39 is 15.8 Å². The molecule has 1 aromatic heterocycles. The van der Waals surface area contributed by atoms with Gasteiger partial charge in [0, 0.05) is 24.8 Å². The number of aromatic nitrogens is 2. The number of nitrogens with zero attached hydrogens (tertiary/aromatic N) is 2. The van der Waals surface area contributed by atoms with Gasteiger partial charge < -0.3 is 9.87 Å². The van der Waals surface area contributed by atoms with E-state index in [2.05, 4.69) is 15.3 Å². The van der Waals surface area contributed by atoms with E-state index in [0.717, 1.165) is 37.2 Å². The van der Waals surface area contributed by atoms with Crippen LogP contribution in [0.15, 0.2) is 6.20 Å². The van der Waals surface area contributed by atoms with Crippen LogP contribution in [0.5, 0.6) is 0 Å². The maximum Gasteiger partial charge on any atom is 0.167 e. The van der Waals surface area contributed by atoms with Crippen molar-refractivity contribution in [2.24, 2.45) is 0 Å². The van der Waals surface area contributed by atoms with Gasteiger partial charge in [0.05, 0.1) is 5.69 Å². The lowest BCUT2D eigenvalue weighted by Gasteiger charge is -2.23. The minimum absolute atomic E-state index is 0.554. The Hall–Kier alpha value is -0.850. The van der Waals surface area contributed by atoms with Gasteiger partial charge in [-0.1, -0.05) is 12.8 Å². The first-order valence-corrected chi connectivity index (χ1v) is 7.00. The van der Waals surface area contributed by atoms with Crippen molar-refractivity contribution in [1.29, 1.82) is 0 Å². The molecule has 0 radical (unpaired) electrons. The molecule has 6 heteroatoms. The van der Waals surface area contributed by atoms with E-state index in [1.54, 1.807) is 6.20 Å². The van der Waals surface area contributed by atoms with Gasteiger partial charge in [0.15, 0.2) is 11.1 Å². The number of nitrogens with one attached hydrogen (secondary N) is 1. The van der Waals surface area contributed by atoms with Crippen molar-refractivity contribution >= 4 is 11.1 Å². The SMILES string of the molecule is O=S(O)C1(c2ncc3c(n2)CNC3)CCCC1. The molecule has 1 aromatic rings. The van der Waals surface area contributed by atoms with E-state index in [9.17, 15) is 8.76 Å².